The van der Waals surface area contributed by atoms with E-state index in [0.717, 1.165) is 5.56 Å². The first-order valence-corrected chi connectivity index (χ1v) is 6.93. The second kappa shape index (κ2) is 8.48. The molecule has 0 saturated heterocycles. The van der Waals surface area contributed by atoms with E-state index in [-0.39, 0.29) is 24.8 Å². The molecule has 1 N–H and O–H groups in total. The minimum Gasteiger partial charge on any atom is -0.493 e. The topological polar surface area (TPSA) is 38.3 Å². The van der Waals surface area contributed by atoms with E-state index < -0.39 is 0 Å². The fraction of sp³-hybridized carbons (Fsp3) is 0.167. The van der Waals surface area contributed by atoms with E-state index in [9.17, 15) is 9.18 Å². The third-order valence-corrected chi connectivity index (χ3v) is 2.79. The van der Waals surface area contributed by atoms with Gasteiger partial charge in [-0.15, -0.1) is 0 Å². The number of amides is 1. The molecule has 0 bridgehead atoms. The van der Waals surface area contributed by atoms with Gasteiger partial charge in [-0.05, 0) is 36.4 Å². The van der Waals surface area contributed by atoms with Gasteiger partial charge in [0.05, 0.1) is 19.6 Å². The Balaban J connectivity index is 1.64. The van der Waals surface area contributed by atoms with Crippen molar-refractivity contribution in [3.05, 3.63) is 66.0 Å². The zero-order valence-corrected chi connectivity index (χ0v) is 12.0. The van der Waals surface area contributed by atoms with Crippen LogP contribution in [0.15, 0.2) is 54.6 Å². The van der Waals surface area contributed by atoms with Gasteiger partial charge in [0.2, 0.25) is 5.91 Å². The minimum atomic E-state index is -0.318. The molecule has 0 atom stereocenters. The lowest BCUT2D eigenvalue weighted by Crippen LogP contribution is -2.25. The lowest BCUT2D eigenvalue weighted by molar-refractivity contribution is -0.121. The van der Waals surface area contributed by atoms with Gasteiger partial charge in [-0.2, -0.15) is 0 Å². The molecule has 0 aliphatic carbocycles. The lowest BCUT2D eigenvalue weighted by Gasteiger charge is -2.05. The molecule has 0 saturated carbocycles. The highest BCUT2D eigenvalue weighted by atomic mass is 19.1. The number of hydrogen-bond donors (Lipinski definition) is 1. The van der Waals surface area contributed by atoms with Crippen LogP contribution in [0.25, 0.3) is 0 Å². The Kier molecular flexibility index (Phi) is 6.01. The number of carbonyl (C=O) groups is 1. The SMILES string of the molecule is O=C(CCOc1ccc(F)cc1)NCC#Cc1ccccc1. The highest BCUT2D eigenvalue weighted by molar-refractivity contribution is 5.76. The molecule has 0 fully saturated rings. The maximum Gasteiger partial charge on any atom is 0.224 e. The maximum atomic E-state index is 12.7. The zero-order valence-electron chi connectivity index (χ0n) is 12.0. The number of halogens is 1. The fourth-order valence-corrected chi connectivity index (χ4v) is 1.69. The normalized spacial score (nSPS) is 9.50. The van der Waals surface area contributed by atoms with E-state index in [0.29, 0.717) is 12.3 Å². The Hall–Kier alpha value is -2.80. The van der Waals surface area contributed by atoms with E-state index in [1.807, 2.05) is 30.3 Å². The zero-order chi connectivity index (χ0) is 15.6. The van der Waals surface area contributed by atoms with Crippen LogP contribution < -0.4 is 10.1 Å². The van der Waals surface area contributed by atoms with Gasteiger partial charge in [0, 0.05) is 5.56 Å². The van der Waals surface area contributed by atoms with Crippen molar-refractivity contribution < 1.29 is 13.9 Å². The van der Waals surface area contributed by atoms with E-state index in [4.69, 9.17) is 4.74 Å². The smallest absolute Gasteiger partial charge is 0.224 e. The molecule has 0 heterocycles. The summed E-state index contributed by atoms with van der Waals surface area (Å²) in [4.78, 5) is 11.6. The molecule has 4 heteroatoms. The summed E-state index contributed by atoms with van der Waals surface area (Å²) in [5.41, 5.74) is 0.913. The monoisotopic (exact) mass is 297 g/mol. The maximum absolute atomic E-state index is 12.7. The molecule has 2 aromatic carbocycles. The Bertz CT molecular complexity index is 657. The average molecular weight is 297 g/mol. The van der Waals surface area contributed by atoms with Crippen LogP contribution in [0.3, 0.4) is 0 Å². The predicted octanol–water partition coefficient (Wildman–Crippen LogP) is 2.76. The quantitative estimate of drug-likeness (QED) is 0.862. The van der Waals surface area contributed by atoms with Crippen molar-refractivity contribution in [3.8, 4) is 17.6 Å². The first-order chi connectivity index (χ1) is 10.7. The summed E-state index contributed by atoms with van der Waals surface area (Å²) in [5.74, 6) is 5.93. The molecule has 0 aliphatic rings. The van der Waals surface area contributed by atoms with Crippen LogP contribution >= 0.6 is 0 Å². The highest BCUT2D eigenvalue weighted by Crippen LogP contribution is 2.10. The van der Waals surface area contributed by atoms with Crippen LogP contribution in [-0.2, 0) is 4.79 Å². The van der Waals surface area contributed by atoms with Crippen molar-refractivity contribution >= 4 is 5.91 Å². The minimum absolute atomic E-state index is 0.135. The van der Waals surface area contributed by atoms with Crippen LogP contribution in [0.5, 0.6) is 5.75 Å². The standard InChI is InChI=1S/C18H16FNO2/c19-16-8-10-17(11-9-16)22-14-12-18(21)20-13-4-7-15-5-2-1-3-6-15/h1-3,5-6,8-11H,12-14H2,(H,20,21). The number of benzene rings is 2. The van der Waals surface area contributed by atoms with Crippen molar-refractivity contribution in [3.63, 3.8) is 0 Å². The van der Waals surface area contributed by atoms with Crippen LogP contribution in [0, 0.1) is 17.7 Å². The summed E-state index contributed by atoms with van der Waals surface area (Å²) >= 11 is 0. The second-order valence-electron chi connectivity index (χ2n) is 4.50. The molecular weight excluding hydrogens is 281 g/mol. The van der Waals surface area contributed by atoms with Gasteiger partial charge >= 0.3 is 0 Å². The Labute approximate surface area is 129 Å². The molecule has 0 spiro atoms. The van der Waals surface area contributed by atoms with Gasteiger partial charge in [0.1, 0.15) is 11.6 Å². The summed E-state index contributed by atoms with van der Waals surface area (Å²) < 4.78 is 18.0. The van der Waals surface area contributed by atoms with Crippen molar-refractivity contribution in [2.75, 3.05) is 13.2 Å². The third kappa shape index (κ3) is 5.68. The van der Waals surface area contributed by atoms with E-state index in [2.05, 4.69) is 17.2 Å². The molecular formula is C18H16FNO2. The first kappa shape index (κ1) is 15.6. The van der Waals surface area contributed by atoms with Crippen LogP contribution in [0.1, 0.15) is 12.0 Å². The second-order valence-corrected chi connectivity index (χ2v) is 4.50. The molecule has 0 aliphatic heterocycles. The van der Waals surface area contributed by atoms with Gasteiger partial charge in [-0.1, -0.05) is 30.0 Å². The number of rotatable bonds is 5. The first-order valence-electron chi connectivity index (χ1n) is 6.93. The van der Waals surface area contributed by atoms with Crippen LogP contribution in [0.2, 0.25) is 0 Å². The molecule has 0 unspecified atom stereocenters. The van der Waals surface area contributed by atoms with Gasteiger partial charge < -0.3 is 10.1 Å². The lowest BCUT2D eigenvalue weighted by atomic mass is 10.2. The Morgan fingerprint density at radius 1 is 1.09 bits per heavy atom. The molecule has 1 amide bonds. The molecule has 3 nitrogen and oxygen atoms in total. The molecule has 22 heavy (non-hydrogen) atoms. The van der Waals surface area contributed by atoms with Gasteiger partial charge in [-0.25, -0.2) is 4.39 Å². The Morgan fingerprint density at radius 3 is 2.55 bits per heavy atom. The van der Waals surface area contributed by atoms with Crippen LogP contribution in [-0.4, -0.2) is 19.1 Å². The number of ether oxygens (including phenoxy) is 1. The number of nitrogens with one attached hydrogen (secondary N) is 1. The van der Waals surface area contributed by atoms with Crippen molar-refractivity contribution in [2.45, 2.75) is 6.42 Å². The van der Waals surface area contributed by atoms with Crippen LogP contribution in [0.4, 0.5) is 4.39 Å². The summed E-state index contributed by atoms with van der Waals surface area (Å²) in [6.07, 6.45) is 0.227. The largest absolute Gasteiger partial charge is 0.493 e. The van der Waals surface area contributed by atoms with E-state index in [1.54, 1.807) is 0 Å². The highest BCUT2D eigenvalue weighted by Gasteiger charge is 2.00. The van der Waals surface area contributed by atoms with Gasteiger partial charge in [0.25, 0.3) is 0 Å². The summed E-state index contributed by atoms with van der Waals surface area (Å²) in [6, 6.07) is 15.2. The van der Waals surface area contributed by atoms with Crippen molar-refractivity contribution in [2.24, 2.45) is 0 Å². The average Bonchev–Trinajstić information content (AvgIpc) is 2.54. The fourth-order valence-electron chi connectivity index (χ4n) is 1.69. The molecule has 0 aromatic heterocycles. The van der Waals surface area contributed by atoms with Crippen molar-refractivity contribution in [1.29, 1.82) is 0 Å². The van der Waals surface area contributed by atoms with E-state index >= 15 is 0 Å². The summed E-state index contributed by atoms with van der Waals surface area (Å²) in [5, 5.41) is 2.70. The van der Waals surface area contributed by atoms with Gasteiger partial charge in [-0.3, -0.25) is 4.79 Å². The predicted molar refractivity (Wildman–Crippen MR) is 82.8 cm³/mol. The van der Waals surface area contributed by atoms with E-state index in [1.165, 1.54) is 24.3 Å². The number of hydrogen-bond acceptors (Lipinski definition) is 2. The number of carbonyl (C=O) groups excluding carboxylic acids is 1. The summed E-state index contributed by atoms with van der Waals surface area (Å²) in [6.45, 7) is 0.536. The molecule has 112 valence electrons. The van der Waals surface area contributed by atoms with Crippen molar-refractivity contribution in [1.82, 2.24) is 5.32 Å². The molecule has 2 rings (SSSR count). The molecule has 0 radical (unpaired) electrons. The van der Waals surface area contributed by atoms with Gasteiger partial charge in [0.15, 0.2) is 0 Å². The summed E-state index contributed by atoms with van der Waals surface area (Å²) in [7, 11) is 0. The Morgan fingerprint density at radius 2 is 1.82 bits per heavy atom. The third-order valence-electron chi connectivity index (χ3n) is 2.79. The molecule has 2 aromatic rings.